The number of hydrogen-bond donors (Lipinski definition) is 1. The summed E-state index contributed by atoms with van der Waals surface area (Å²) in [5.74, 6) is 0.493. The van der Waals surface area contributed by atoms with Gasteiger partial charge in [0.25, 0.3) is 0 Å². The molecular weight excluding hydrogens is 154 g/mol. The Hall–Kier alpha value is -1.42. The zero-order chi connectivity index (χ0) is 8.81. The smallest absolute Gasteiger partial charge is 0.232 e. The molecule has 0 saturated carbocycles. The van der Waals surface area contributed by atoms with Crippen LogP contribution in [0.4, 0.5) is 0 Å². The van der Waals surface area contributed by atoms with E-state index in [4.69, 9.17) is 10.5 Å². The molecule has 0 bridgehead atoms. The van der Waals surface area contributed by atoms with Crippen molar-refractivity contribution in [1.29, 1.82) is 0 Å². The molecule has 0 saturated heterocycles. The number of nitrogens with zero attached hydrogens (tertiary/aromatic N) is 2. The van der Waals surface area contributed by atoms with Crippen LogP contribution in [0.5, 0.6) is 5.88 Å². The van der Waals surface area contributed by atoms with Crippen molar-refractivity contribution in [1.82, 2.24) is 9.97 Å². The Morgan fingerprint density at radius 1 is 1.50 bits per heavy atom. The monoisotopic (exact) mass is 165 g/mol. The van der Waals surface area contributed by atoms with Crippen molar-refractivity contribution < 1.29 is 4.74 Å². The van der Waals surface area contributed by atoms with E-state index in [9.17, 15) is 0 Å². The van der Waals surface area contributed by atoms with Crippen LogP contribution in [0.25, 0.3) is 0 Å². The lowest BCUT2D eigenvalue weighted by atomic mass is 10.5. The molecule has 1 aromatic heterocycles. The third-order valence-electron chi connectivity index (χ3n) is 1.24. The normalized spacial score (nSPS) is 9.42. The van der Waals surface area contributed by atoms with Gasteiger partial charge >= 0.3 is 0 Å². The predicted octanol–water partition coefficient (Wildman–Crippen LogP) is 0.500. The number of hydrogen-bond acceptors (Lipinski definition) is 4. The summed E-state index contributed by atoms with van der Waals surface area (Å²) in [5, 5.41) is 0. The highest BCUT2D eigenvalue weighted by molar-refractivity contribution is 5.07. The molecule has 0 aliphatic carbocycles. The standard InChI is InChI=1S/C8H11N3O/c1-2-3-12-8-6-10-7(4-9)5-11-8/h2,5-6H,1,3-4,9H2. The van der Waals surface area contributed by atoms with E-state index in [0.29, 0.717) is 19.0 Å². The summed E-state index contributed by atoms with van der Waals surface area (Å²) in [7, 11) is 0. The fourth-order valence-corrected chi connectivity index (χ4v) is 0.667. The first-order valence-electron chi connectivity index (χ1n) is 3.61. The summed E-state index contributed by atoms with van der Waals surface area (Å²) in [4.78, 5) is 7.98. The lowest BCUT2D eigenvalue weighted by Crippen LogP contribution is -2.02. The highest BCUT2D eigenvalue weighted by Gasteiger charge is 1.94. The Kier molecular flexibility index (Phi) is 3.22. The second kappa shape index (κ2) is 4.46. The van der Waals surface area contributed by atoms with E-state index in [1.54, 1.807) is 18.5 Å². The molecular formula is C8H11N3O. The molecule has 0 spiro atoms. The SMILES string of the molecule is C=CCOc1cnc(CN)cn1. The molecule has 0 radical (unpaired) electrons. The first kappa shape index (κ1) is 8.67. The van der Waals surface area contributed by atoms with Crippen LogP contribution in [0.3, 0.4) is 0 Å². The Labute approximate surface area is 71.1 Å². The number of nitrogens with two attached hydrogens (primary N) is 1. The van der Waals surface area contributed by atoms with Crippen molar-refractivity contribution in [2.75, 3.05) is 6.61 Å². The number of ether oxygens (including phenoxy) is 1. The second-order valence-corrected chi connectivity index (χ2v) is 2.15. The number of aromatic nitrogens is 2. The van der Waals surface area contributed by atoms with Gasteiger partial charge in [-0.25, -0.2) is 4.98 Å². The molecule has 4 nitrogen and oxygen atoms in total. The van der Waals surface area contributed by atoms with Gasteiger partial charge in [-0.1, -0.05) is 12.7 Å². The first-order chi connectivity index (χ1) is 5.86. The van der Waals surface area contributed by atoms with E-state index in [1.807, 2.05) is 0 Å². The van der Waals surface area contributed by atoms with Gasteiger partial charge in [-0.3, -0.25) is 4.98 Å². The molecule has 0 aliphatic heterocycles. The van der Waals surface area contributed by atoms with Crippen LogP contribution in [-0.4, -0.2) is 16.6 Å². The summed E-state index contributed by atoms with van der Waals surface area (Å²) in [6.45, 7) is 4.35. The van der Waals surface area contributed by atoms with Gasteiger partial charge in [0.05, 0.1) is 18.1 Å². The molecule has 0 unspecified atom stereocenters. The maximum absolute atomic E-state index is 5.34. The number of rotatable bonds is 4. The maximum atomic E-state index is 5.34. The Morgan fingerprint density at radius 2 is 2.33 bits per heavy atom. The van der Waals surface area contributed by atoms with Crippen LogP contribution in [0.2, 0.25) is 0 Å². The van der Waals surface area contributed by atoms with Gasteiger partial charge in [-0.05, 0) is 0 Å². The third-order valence-corrected chi connectivity index (χ3v) is 1.24. The van der Waals surface area contributed by atoms with E-state index >= 15 is 0 Å². The molecule has 0 aromatic carbocycles. The Morgan fingerprint density at radius 3 is 2.83 bits per heavy atom. The van der Waals surface area contributed by atoms with Gasteiger partial charge in [0, 0.05) is 6.54 Å². The van der Waals surface area contributed by atoms with Crippen LogP contribution in [-0.2, 0) is 6.54 Å². The topological polar surface area (TPSA) is 61.0 Å². The predicted molar refractivity (Wildman–Crippen MR) is 45.6 cm³/mol. The largest absolute Gasteiger partial charge is 0.472 e. The van der Waals surface area contributed by atoms with Crippen LogP contribution < -0.4 is 10.5 Å². The van der Waals surface area contributed by atoms with Gasteiger partial charge in [0.2, 0.25) is 5.88 Å². The Bertz CT molecular complexity index is 245. The molecule has 64 valence electrons. The third kappa shape index (κ3) is 2.32. The lowest BCUT2D eigenvalue weighted by Gasteiger charge is -2.00. The van der Waals surface area contributed by atoms with E-state index in [1.165, 1.54) is 0 Å². The molecule has 0 aliphatic rings. The summed E-state index contributed by atoms with van der Waals surface area (Å²) >= 11 is 0. The minimum absolute atomic E-state index is 0.398. The fourth-order valence-electron chi connectivity index (χ4n) is 0.667. The van der Waals surface area contributed by atoms with Gasteiger partial charge in [-0.15, -0.1) is 0 Å². The molecule has 1 rings (SSSR count). The lowest BCUT2D eigenvalue weighted by molar-refractivity contribution is 0.346. The van der Waals surface area contributed by atoms with Gasteiger partial charge in [0.1, 0.15) is 6.61 Å². The van der Waals surface area contributed by atoms with E-state index in [-0.39, 0.29) is 0 Å². The molecule has 0 fully saturated rings. The molecule has 0 atom stereocenters. The molecule has 12 heavy (non-hydrogen) atoms. The average Bonchev–Trinajstić information content (AvgIpc) is 2.15. The van der Waals surface area contributed by atoms with E-state index < -0.39 is 0 Å². The van der Waals surface area contributed by atoms with Crippen LogP contribution >= 0.6 is 0 Å². The molecule has 2 N–H and O–H groups in total. The minimum Gasteiger partial charge on any atom is -0.472 e. The summed E-state index contributed by atoms with van der Waals surface area (Å²) < 4.78 is 5.12. The zero-order valence-electron chi connectivity index (χ0n) is 6.73. The highest BCUT2D eigenvalue weighted by atomic mass is 16.5. The molecule has 1 aromatic rings. The van der Waals surface area contributed by atoms with Crippen LogP contribution in [0, 0.1) is 0 Å². The molecule has 0 amide bonds. The quantitative estimate of drug-likeness (QED) is 0.660. The van der Waals surface area contributed by atoms with Crippen molar-refractivity contribution in [3.05, 3.63) is 30.7 Å². The highest BCUT2D eigenvalue weighted by Crippen LogP contribution is 2.02. The Balaban J connectivity index is 2.58. The van der Waals surface area contributed by atoms with Crippen molar-refractivity contribution in [2.45, 2.75) is 6.54 Å². The van der Waals surface area contributed by atoms with E-state index in [0.717, 1.165) is 5.69 Å². The van der Waals surface area contributed by atoms with Crippen molar-refractivity contribution in [2.24, 2.45) is 5.73 Å². The van der Waals surface area contributed by atoms with Gasteiger partial charge in [-0.2, -0.15) is 0 Å². The summed E-state index contributed by atoms with van der Waals surface area (Å²) in [6.07, 6.45) is 4.79. The summed E-state index contributed by atoms with van der Waals surface area (Å²) in [5.41, 5.74) is 6.09. The fraction of sp³-hybridized carbons (Fsp3) is 0.250. The van der Waals surface area contributed by atoms with Gasteiger partial charge < -0.3 is 10.5 Å². The van der Waals surface area contributed by atoms with Crippen LogP contribution in [0.1, 0.15) is 5.69 Å². The van der Waals surface area contributed by atoms with Gasteiger partial charge in [0.15, 0.2) is 0 Å². The maximum Gasteiger partial charge on any atom is 0.232 e. The van der Waals surface area contributed by atoms with Crippen LogP contribution in [0.15, 0.2) is 25.0 Å². The van der Waals surface area contributed by atoms with Crippen molar-refractivity contribution in [3.63, 3.8) is 0 Å². The van der Waals surface area contributed by atoms with E-state index in [2.05, 4.69) is 16.5 Å². The zero-order valence-corrected chi connectivity index (χ0v) is 6.73. The minimum atomic E-state index is 0.398. The van der Waals surface area contributed by atoms with Crippen molar-refractivity contribution >= 4 is 0 Å². The van der Waals surface area contributed by atoms with Crippen molar-refractivity contribution in [3.8, 4) is 5.88 Å². The second-order valence-electron chi connectivity index (χ2n) is 2.15. The average molecular weight is 165 g/mol. The first-order valence-corrected chi connectivity index (χ1v) is 3.61. The summed E-state index contributed by atoms with van der Waals surface area (Å²) in [6, 6.07) is 0. The molecule has 4 heteroatoms. The molecule has 1 heterocycles.